The van der Waals surface area contributed by atoms with Gasteiger partial charge in [0.2, 0.25) is 0 Å². The lowest BCUT2D eigenvalue weighted by molar-refractivity contribution is 0.660. The minimum atomic E-state index is -0.174. The zero-order valence-corrected chi connectivity index (χ0v) is 36.5. The molecule has 0 N–H and O–H groups in total. The fraction of sp³-hybridized carbons (Fsp3) is 0.0476. The molecule has 2 heteroatoms. The first-order valence-electron chi connectivity index (χ1n) is 22.6. The summed E-state index contributed by atoms with van der Waals surface area (Å²) in [6.07, 6.45) is 0. The van der Waals surface area contributed by atoms with Crippen LogP contribution in [0.4, 0.5) is 17.1 Å². The largest absolute Gasteiger partial charge is 0.310 e. The van der Waals surface area contributed by atoms with E-state index < -0.39 is 0 Å². The number of hydrogen-bond acceptors (Lipinski definition) is 1. The number of rotatable bonds is 8. The van der Waals surface area contributed by atoms with Crippen LogP contribution in [0.15, 0.2) is 243 Å². The Labute approximate surface area is 381 Å². The van der Waals surface area contributed by atoms with E-state index in [4.69, 9.17) is 0 Å². The fourth-order valence-electron chi connectivity index (χ4n) is 10.6. The van der Waals surface area contributed by atoms with E-state index in [0.717, 1.165) is 28.3 Å². The summed E-state index contributed by atoms with van der Waals surface area (Å²) in [5, 5.41) is 2.48. The van der Waals surface area contributed by atoms with Gasteiger partial charge in [-0.15, -0.1) is 0 Å². The number of para-hydroxylation sites is 2. The molecule has 0 aliphatic heterocycles. The van der Waals surface area contributed by atoms with Gasteiger partial charge >= 0.3 is 0 Å². The van der Waals surface area contributed by atoms with Crippen molar-refractivity contribution in [2.45, 2.75) is 19.3 Å². The monoisotopic (exact) mass is 830 g/mol. The van der Waals surface area contributed by atoms with E-state index in [9.17, 15) is 0 Å². The molecule has 1 aliphatic rings. The van der Waals surface area contributed by atoms with Crippen LogP contribution in [0.25, 0.3) is 83.1 Å². The van der Waals surface area contributed by atoms with Gasteiger partial charge < -0.3 is 9.47 Å². The van der Waals surface area contributed by atoms with Crippen molar-refractivity contribution in [1.82, 2.24) is 4.57 Å². The lowest BCUT2D eigenvalue weighted by Gasteiger charge is -2.31. The van der Waals surface area contributed by atoms with Gasteiger partial charge in [0.1, 0.15) is 0 Å². The van der Waals surface area contributed by atoms with Gasteiger partial charge in [0.25, 0.3) is 0 Å². The minimum absolute atomic E-state index is 0.174. The highest BCUT2D eigenvalue weighted by atomic mass is 15.1. The van der Waals surface area contributed by atoms with Crippen molar-refractivity contribution in [2.24, 2.45) is 0 Å². The highest BCUT2D eigenvalue weighted by molar-refractivity contribution is 6.16. The second-order valence-corrected chi connectivity index (χ2v) is 17.7. The van der Waals surface area contributed by atoms with E-state index in [1.165, 1.54) is 83.0 Å². The number of nitrogens with zero attached hydrogens (tertiary/aromatic N) is 2. The summed E-state index contributed by atoms with van der Waals surface area (Å²) in [6.45, 7) is 4.74. The molecule has 12 rings (SSSR count). The Kier molecular flexibility index (Phi) is 9.21. The Balaban J connectivity index is 1.13. The van der Waals surface area contributed by atoms with Gasteiger partial charge in [0.05, 0.1) is 16.7 Å². The van der Waals surface area contributed by atoms with Crippen LogP contribution in [0.1, 0.15) is 25.0 Å². The second-order valence-electron chi connectivity index (χ2n) is 17.7. The average Bonchev–Trinajstić information content (AvgIpc) is 3.83. The molecular weight excluding hydrogens is 785 g/mol. The molecule has 1 heterocycles. The van der Waals surface area contributed by atoms with Gasteiger partial charge in [-0.2, -0.15) is 0 Å². The topological polar surface area (TPSA) is 8.17 Å². The van der Waals surface area contributed by atoms with Crippen molar-refractivity contribution >= 4 is 38.9 Å². The predicted octanol–water partition coefficient (Wildman–Crippen LogP) is 17.2. The van der Waals surface area contributed by atoms with E-state index in [1.807, 2.05) is 0 Å². The first-order chi connectivity index (χ1) is 32.0. The average molecular weight is 831 g/mol. The van der Waals surface area contributed by atoms with Crippen molar-refractivity contribution in [3.05, 3.63) is 254 Å². The first-order valence-corrected chi connectivity index (χ1v) is 22.6. The molecule has 0 saturated carbocycles. The molecular formula is C63H46N2. The normalized spacial score (nSPS) is 12.6. The van der Waals surface area contributed by atoms with Crippen LogP contribution < -0.4 is 4.90 Å². The van der Waals surface area contributed by atoms with Gasteiger partial charge in [-0.25, -0.2) is 0 Å². The summed E-state index contributed by atoms with van der Waals surface area (Å²) in [6, 6.07) is 89.0. The SMILES string of the molecule is CC1(C)c2ccccc2-c2ccc(N(c3cccc(-c4cccc5c4c4ccccc4n5-c4ccccc4)c3)c3cccc(-c4ccccc4)c3-c3ccccc3-c3ccccc3)cc21. The molecule has 0 fully saturated rings. The Bertz CT molecular complexity index is 3560. The molecule has 11 aromatic rings. The van der Waals surface area contributed by atoms with Crippen molar-refractivity contribution < 1.29 is 0 Å². The number of fused-ring (bicyclic) bond motifs is 6. The van der Waals surface area contributed by atoms with E-state index in [-0.39, 0.29) is 5.41 Å². The molecule has 10 aromatic carbocycles. The lowest BCUT2D eigenvalue weighted by Crippen LogP contribution is -2.17. The van der Waals surface area contributed by atoms with Crippen molar-refractivity contribution in [2.75, 3.05) is 4.90 Å². The smallest absolute Gasteiger partial charge is 0.0547 e. The molecule has 65 heavy (non-hydrogen) atoms. The molecule has 1 aromatic heterocycles. The van der Waals surface area contributed by atoms with Crippen LogP contribution in [0.5, 0.6) is 0 Å². The Morgan fingerprint density at radius 2 is 0.892 bits per heavy atom. The Morgan fingerprint density at radius 3 is 1.68 bits per heavy atom. The van der Waals surface area contributed by atoms with Gasteiger partial charge in [0.15, 0.2) is 0 Å². The molecule has 0 spiro atoms. The zero-order chi connectivity index (χ0) is 43.5. The Morgan fingerprint density at radius 1 is 0.354 bits per heavy atom. The molecule has 0 atom stereocenters. The summed E-state index contributed by atoms with van der Waals surface area (Å²) in [5.41, 5.74) is 21.5. The third kappa shape index (κ3) is 6.32. The van der Waals surface area contributed by atoms with Gasteiger partial charge in [-0.3, -0.25) is 0 Å². The maximum absolute atomic E-state index is 2.51. The van der Waals surface area contributed by atoms with E-state index in [2.05, 4.69) is 266 Å². The molecule has 0 saturated heterocycles. The molecule has 0 bridgehead atoms. The zero-order valence-electron chi connectivity index (χ0n) is 36.5. The molecule has 308 valence electrons. The summed E-state index contributed by atoms with van der Waals surface area (Å²) >= 11 is 0. The van der Waals surface area contributed by atoms with Crippen LogP contribution in [0.3, 0.4) is 0 Å². The highest BCUT2D eigenvalue weighted by Crippen LogP contribution is 2.53. The van der Waals surface area contributed by atoms with Crippen LogP contribution in [-0.2, 0) is 5.41 Å². The number of anilines is 3. The van der Waals surface area contributed by atoms with Gasteiger partial charge in [0, 0.05) is 38.8 Å². The molecule has 0 amide bonds. The third-order valence-corrected chi connectivity index (χ3v) is 13.6. The molecule has 0 radical (unpaired) electrons. The van der Waals surface area contributed by atoms with Crippen molar-refractivity contribution in [1.29, 1.82) is 0 Å². The van der Waals surface area contributed by atoms with Crippen molar-refractivity contribution in [3.8, 4) is 61.3 Å². The van der Waals surface area contributed by atoms with E-state index >= 15 is 0 Å². The highest BCUT2D eigenvalue weighted by Gasteiger charge is 2.36. The minimum Gasteiger partial charge on any atom is -0.310 e. The van der Waals surface area contributed by atoms with Gasteiger partial charge in [-0.05, 0) is 116 Å². The van der Waals surface area contributed by atoms with Crippen LogP contribution in [-0.4, -0.2) is 4.57 Å². The second kappa shape index (κ2) is 15.6. The first kappa shape index (κ1) is 38.5. The molecule has 1 aliphatic carbocycles. The number of benzene rings is 10. The van der Waals surface area contributed by atoms with Crippen LogP contribution >= 0.6 is 0 Å². The maximum Gasteiger partial charge on any atom is 0.0547 e. The summed E-state index contributed by atoms with van der Waals surface area (Å²) in [4.78, 5) is 2.51. The fourth-order valence-corrected chi connectivity index (χ4v) is 10.6. The van der Waals surface area contributed by atoms with Crippen LogP contribution in [0.2, 0.25) is 0 Å². The summed E-state index contributed by atoms with van der Waals surface area (Å²) < 4.78 is 2.40. The Hall–Kier alpha value is -8.20. The number of aromatic nitrogens is 1. The molecule has 2 nitrogen and oxygen atoms in total. The number of hydrogen-bond donors (Lipinski definition) is 0. The predicted molar refractivity (Wildman–Crippen MR) is 275 cm³/mol. The quantitative estimate of drug-likeness (QED) is 0.148. The molecule has 0 unspecified atom stereocenters. The third-order valence-electron chi connectivity index (χ3n) is 13.6. The van der Waals surface area contributed by atoms with E-state index in [1.54, 1.807) is 0 Å². The summed E-state index contributed by atoms with van der Waals surface area (Å²) in [5.74, 6) is 0. The van der Waals surface area contributed by atoms with Gasteiger partial charge in [-0.1, -0.05) is 202 Å². The van der Waals surface area contributed by atoms with Crippen molar-refractivity contribution in [3.63, 3.8) is 0 Å². The van der Waals surface area contributed by atoms with E-state index in [0.29, 0.717) is 0 Å². The van der Waals surface area contributed by atoms with Crippen LogP contribution in [0, 0.1) is 0 Å². The lowest BCUT2D eigenvalue weighted by atomic mass is 9.82. The maximum atomic E-state index is 2.51. The standard InChI is InChI=1S/C63H46N2/c1-63(2)56-35-16-14-30-52(56)53-40-39-48(42-57(53)63)64(59-37-19-33-50(44-23-8-4-9-24-44)61(59)54-31-13-12-29-49(54)43-21-6-3-7-22-43)47-28-18-25-45(41-47)51-34-20-38-60-62(51)55-32-15-17-36-58(55)65(60)46-26-10-5-11-27-46/h3-42H,1-2H3. The summed E-state index contributed by atoms with van der Waals surface area (Å²) in [7, 11) is 0.